The molecule has 0 fully saturated rings. The summed E-state index contributed by atoms with van der Waals surface area (Å²) in [5, 5.41) is 34.8. The summed E-state index contributed by atoms with van der Waals surface area (Å²) >= 11 is 0. The molecule has 0 heterocycles. The van der Waals surface area contributed by atoms with E-state index in [1.54, 1.807) is 24.3 Å². The van der Waals surface area contributed by atoms with Gasteiger partial charge in [0.25, 0.3) is 11.9 Å². The van der Waals surface area contributed by atoms with E-state index in [-0.39, 0.29) is 41.4 Å². The van der Waals surface area contributed by atoms with Crippen molar-refractivity contribution in [1.82, 2.24) is 0 Å². The normalized spacial score (nSPS) is 11.9. The van der Waals surface area contributed by atoms with Gasteiger partial charge >= 0.3 is 17.1 Å². The van der Waals surface area contributed by atoms with Crippen molar-refractivity contribution in [1.29, 1.82) is 0 Å². The predicted octanol–water partition coefficient (Wildman–Crippen LogP) is 2.88. The number of nitrogens with one attached hydrogen (secondary N) is 2. The number of rotatable bonds is 6. The average molecular weight is 424 g/mol. The number of hydrogen-bond acceptors (Lipinski definition) is 4. The van der Waals surface area contributed by atoms with Gasteiger partial charge in [-0.3, -0.25) is 9.59 Å². The number of carbonyl (C=O) groups is 2. The molecule has 0 saturated heterocycles. The number of aromatic hydroxyl groups is 2. The fourth-order valence-electron chi connectivity index (χ4n) is 1.91. The summed E-state index contributed by atoms with van der Waals surface area (Å²) in [4.78, 5) is 20.7. The van der Waals surface area contributed by atoms with Crippen LogP contribution < -0.4 is 0 Å². The minimum atomic E-state index is -1.13. The van der Waals surface area contributed by atoms with Crippen molar-refractivity contribution in [3.63, 3.8) is 0 Å². The van der Waals surface area contributed by atoms with Crippen LogP contribution in [0.3, 0.4) is 0 Å². The van der Waals surface area contributed by atoms with Crippen molar-refractivity contribution in [2.24, 2.45) is 0 Å². The Morgan fingerprint density at radius 3 is 1.19 bits per heavy atom. The van der Waals surface area contributed by atoms with E-state index < -0.39 is 24.0 Å². The number of phenols is 2. The van der Waals surface area contributed by atoms with Crippen LogP contribution in [0.25, 0.3) is 11.5 Å². The molecule has 2 rings (SSSR count). The first-order valence-electron chi connectivity index (χ1n) is 7.62. The maximum Gasteiger partial charge on any atom is 2.00 e. The largest absolute Gasteiger partial charge is 2.00 e. The second-order valence-corrected chi connectivity index (χ2v) is 5.52. The average Bonchev–Trinajstić information content (AvgIpc) is 2.59. The molecule has 0 saturated carbocycles. The van der Waals surface area contributed by atoms with Gasteiger partial charge < -0.3 is 31.9 Å². The van der Waals surface area contributed by atoms with Crippen LogP contribution in [0.2, 0.25) is 0 Å². The number of hydrogen-bond donors (Lipinski definition) is 4. The van der Waals surface area contributed by atoms with Crippen molar-refractivity contribution >= 4 is 11.9 Å². The van der Waals surface area contributed by atoms with E-state index >= 15 is 0 Å². The Hall–Kier alpha value is -2.58. The van der Waals surface area contributed by atoms with Gasteiger partial charge in [-0.05, 0) is 60.3 Å². The Kier molecular flexibility index (Phi) is 10.8. The van der Waals surface area contributed by atoms with Gasteiger partial charge in [0.2, 0.25) is 0 Å². The van der Waals surface area contributed by atoms with Crippen LogP contribution in [-0.2, 0) is 39.5 Å². The maximum absolute atomic E-state index is 10.3. The molecule has 8 nitrogen and oxygen atoms in total. The summed E-state index contributed by atoms with van der Waals surface area (Å²) in [6.07, 6.45) is 0.325. The van der Waals surface area contributed by atoms with Crippen LogP contribution in [0.4, 0.5) is 0 Å². The van der Waals surface area contributed by atoms with Crippen LogP contribution in [0.15, 0.2) is 48.5 Å². The number of carboxylic acid groups (broad SMARTS) is 2. The topological polar surface area (TPSA) is 163 Å². The van der Waals surface area contributed by atoms with Gasteiger partial charge in [-0.2, -0.15) is 0 Å². The molecule has 2 unspecified atom stereocenters. The van der Waals surface area contributed by atoms with Crippen molar-refractivity contribution in [3.8, 4) is 11.5 Å². The minimum absolute atomic E-state index is 0. The second kappa shape index (κ2) is 11.9. The van der Waals surface area contributed by atoms with Crippen LogP contribution in [-0.4, -0.2) is 44.4 Å². The van der Waals surface area contributed by atoms with Crippen LogP contribution >= 0.6 is 0 Å². The van der Waals surface area contributed by atoms with Gasteiger partial charge in [0.1, 0.15) is 11.5 Å². The molecule has 0 aliphatic carbocycles. The third kappa shape index (κ3) is 9.62. The fraction of sp³-hybridized carbons (Fsp3) is 0.222. The van der Waals surface area contributed by atoms with E-state index in [4.69, 9.17) is 31.9 Å². The third-order valence-corrected chi connectivity index (χ3v) is 3.35. The molecule has 1 radical (unpaired) electrons. The van der Waals surface area contributed by atoms with Crippen molar-refractivity contribution < 1.29 is 47.1 Å². The monoisotopic (exact) mass is 423 g/mol. The molecule has 2 aromatic carbocycles. The van der Waals surface area contributed by atoms with Gasteiger partial charge in [-0.25, -0.2) is 0 Å². The van der Waals surface area contributed by atoms with Gasteiger partial charge in [0.05, 0.1) is 0 Å². The molecule has 0 spiro atoms. The van der Waals surface area contributed by atoms with E-state index in [1.165, 1.54) is 24.3 Å². The Labute approximate surface area is 166 Å². The van der Waals surface area contributed by atoms with Crippen LogP contribution in [0, 0.1) is 0 Å². The molecule has 0 bridgehead atoms. The van der Waals surface area contributed by atoms with Crippen LogP contribution in [0.1, 0.15) is 11.1 Å². The van der Waals surface area contributed by atoms with E-state index in [0.717, 1.165) is 11.1 Å². The molecular formula is C18H20CuN2O6. The molecule has 0 amide bonds. The fourth-order valence-corrected chi connectivity index (χ4v) is 1.91. The van der Waals surface area contributed by atoms with Crippen LogP contribution in [0.5, 0.6) is 11.5 Å². The Morgan fingerprint density at radius 2 is 0.963 bits per heavy atom. The molecule has 0 aliphatic heterocycles. The molecule has 0 aliphatic rings. The number of phenolic OH excluding ortho intramolecular Hbond substituents is 2. The Morgan fingerprint density at radius 1 is 0.704 bits per heavy atom. The SMILES string of the molecule is [Cu+2].[NH-]C(Cc1ccc(O)cc1)C(=O)O.[NH-]C(Cc1ccc(O)cc1)C(=O)O. The smallest absolute Gasteiger partial charge is 0.665 e. The summed E-state index contributed by atoms with van der Waals surface area (Å²) in [5.41, 5.74) is 15.8. The van der Waals surface area contributed by atoms with Crippen molar-refractivity contribution in [2.45, 2.75) is 24.9 Å². The molecule has 6 N–H and O–H groups in total. The molecule has 149 valence electrons. The summed E-state index contributed by atoms with van der Waals surface area (Å²) < 4.78 is 0. The summed E-state index contributed by atoms with van der Waals surface area (Å²) in [5.74, 6) is -1.98. The first kappa shape index (κ1) is 24.4. The van der Waals surface area contributed by atoms with Crippen molar-refractivity contribution in [3.05, 3.63) is 71.1 Å². The summed E-state index contributed by atoms with van der Waals surface area (Å²) in [6.45, 7) is 0. The molecule has 2 atom stereocenters. The van der Waals surface area contributed by atoms with Gasteiger partial charge in [0.15, 0.2) is 0 Å². The predicted molar refractivity (Wildman–Crippen MR) is 95.1 cm³/mol. The summed E-state index contributed by atoms with van der Waals surface area (Å²) in [7, 11) is 0. The number of benzene rings is 2. The van der Waals surface area contributed by atoms with Gasteiger partial charge in [-0.15, -0.1) is 0 Å². The molecular weight excluding hydrogens is 404 g/mol. The van der Waals surface area contributed by atoms with Crippen molar-refractivity contribution in [2.75, 3.05) is 0 Å². The zero-order valence-electron chi connectivity index (χ0n) is 14.1. The summed E-state index contributed by atoms with van der Waals surface area (Å²) in [6, 6.07) is 10.1. The first-order chi connectivity index (χ1) is 12.2. The number of carboxylic acids is 2. The molecule has 27 heavy (non-hydrogen) atoms. The van der Waals surface area contributed by atoms with E-state index in [0.29, 0.717) is 0 Å². The third-order valence-electron chi connectivity index (χ3n) is 3.35. The first-order valence-corrected chi connectivity index (χ1v) is 7.62. The van der Waals surface area contributed by atoms with E-state index in [9.17, 15) is 9.59 Å². The second-order valence-electron chi connectivity index (χ2n) is 5.52. The Bertz CT molecular complexity index is 658. The molecule has 9 heteroatoms. The standard InChI is InChI=1S/2C9H10NO3.Cu/c2*10-8(9(12)13)5-6-1-3-7(11)4-2-6;/h2*1-4,8,10-11H,5H2,(H,12,13);/q2*-1;+2. The zero-order valence-corrected chi connectivity index (χ0v) is 15.0. The zero-order chi connectivity index (χ0) is 19.7. The van der Waals surface area contributed by atoms with Gasteiger partial charge in [0, 0.05) is 0 Å². The number of aliphatic carboxylic acids is 2. The molecule has 0 aromatic heterocycles. The Balaban J connectivity index is 0.000000483. The van der Waals surface area contributed by atoms with Gasteiger partial charge in [-0.1, -0.05) is 24.3 Å². The van der Waals surface area contributed by atoms with E-state index in [1.807, 2.05) is 0 Å². The quantitative estimate of drug-likeness (QED) is 0.522. The van der Waals surface area contributed by atoms with E-state index in [2.05, 4.69) is 0 Å². The maximum atomic E-state index is 10.3. The minimum Gasteiger partial charge on any atom is -0.665 e. The molecule has 2 aromatic rings.